The number of primary amides is 1. The van der Waals surface area contributed by atoms with Gasteiger partial charge in [-0.25, -0.2) is 22.2 Å². The number of H-pyrrole nitrogens is 1. The molecule has 0 atom stereocenters. The molecule has 0 bridgehead atoms. The molecule has 3 heterocycles. The summed E-state index contributed by atoms with van der Waals surface area (Å²) in [6, 6.07) is 3.23. The van der Waals surface area contributed by atoms with Gasteiger partial charge in [0.2, 0.25) is 5.95 Å². The van der Waals surface area contributed by atoms with E-state index in [1.165, 1.54) is 11.7 Å². The highest BCUT2D eigenvalue weighted by molar-refractivity contribution is 7.90. The normalized spacial score (nSPS) is 13.5. The lowest BCUT2D eigenvalue weighted by molar-refractivity contribution is 0.0995. The van der Waals surface area contributed by atoms with Crippen LogP contribution in [0.4, 0.5) is 32.1 Å². The number of nitrogens with zero attached hydrogens (tertiary/aromatic N) is 6. The van der Waals surface area contributed by atoms with Gasteiger partial charge in [-0.2, -0.15) is 15.2 Å². The van der Waals surface area contributed by atoms with Crippen molar-refractivity contribution in [2.24, 2.45) is 12.8 Å². The zero-order valence-electron chi connectivity index (χ0n) is 21.5. The van der Waals surface area contributed by atoms with Crippen molar-refractivity contribution in [3.05, 3.63) is 53.0 Å². The van der Waals surface area contributed by atoms with Crippen LogP contribution in [0.25, 0.3) is 11.3 Å². The van der Waals surface area contributed by atoms with Crippen molar-refractivity contribution >= 4 is 39.0 Å². The van der Waals surface area contributed by atoms with E-state index in [1.807, 2.05) is 6.92 Å². The number of anilines is 4. The minimum absolute atomic E-state index is 0.0249. The number of nitrogens with one attached hydrogen (secondary N) is 2. The number of aryl methyl sites for hydroxylation is 2. The topological polar surface area (TPSA) is 165 Å². The molecule has 1 aliphatic rings. The summed E-state index contributed by atoms with van der Waals surface area (Å²) in [4.78, 5) is 22.0. The zero-order chi connectivity index (χ0) is 28.2. The third-order valence-corrected chi connectivity index (χ3v) is 7.34. The number of benzene rings is 1. The smallest absolute Gasteiger partial charge is 0.269 e. The molecular formula is C24H25F2N9O3S. The maximum Gasteiger partial charge on any atom is 0.269 e. The van der Waals surface area contributed by atoms with Gasteiger partial charge >= 0.3 is 0 Å². The van der Waals surface area contributed by atoms with Crippen LogP contribution in [0.3, 0.4) is 0 Å². The number of halogens is 2. The molecule has 0 unspecified atom stereocenters. The van der Waals surface area contributed by atoms with E-state index in [0.717, 1.165) is 41.8 Å². The number of sulfone groups is 1. The molecule has 3 aromatic heterocycles. The van der Waals surface area contributed by atoms with Crippen LogP contribution in [0.15, 0.2) is 29.3 Å². The summed E-state index contributed by atoms with van der Waals surface area (Å²) in [6.07, 6.45) is 4.11. The van der Waals surface area contributed by atoms with Gasteiger partial charge in [-0.3, -0.25) is 14.6 Å². The Labute approximate surface area is 222 Å². The van der Waals surface area contributed by atoms with Crippen LogP contribution >= 0.6 is 0 Å². The predicted octanol–water partition coefficient (Wildman–Crippen LogP) is 3.08. The minimum atomic E-state index is -3.86. The van der Waals surface area contributed by atoms with E-state index in [2.05, 4.69) is 30.6 Å². The first kappa shape index (κ1) is 26.2. The number of carbonyl (C=O) groups excluding carboxylic acids is 1. The number of hydrogen-bond donors (Lipinski definition) is 3. The zero-order valence-corrected chi connectivity index (χ0v) is 22.3. The first-order valence-corrected chi connectivity index (χ1v) is 13.7. The predicted molar refractivity (Wildman–Crippen MR) is 139 cm³/mol. The number of nitrogens with two attached hydrogens (primary N) is 1. The molecule has 1 aromatic carbocycles. The van der Waals surface area contributed by atoms with E-state index >= 15 is 8.78 Å². The Balaban J connectivity index is 1.74. The molecule has 204 valence electrons. The number of aromatic amines is 1. The lowest BCUT2D eigenvalue weighted by Gasteiger charge is -2.22. The van der Waals surface area contributed by atoms with Crippen molar-refractivity contribution in [1.82, 2.24) is 29.9 Å². The van der Waals surface area contributed by atoms with Crippen molar-refractivity contribution < 1.29 is 22.0 Å². The molecule has 1 aliphatic carbocycles. The number of rotatable bonds is 8. The highest BCUT2D eigenvalue weighted by atomic mass is 32.2. The third-order valence-electron chi connectivity index (χ3n) is 6.24. The highest BCUT2D eigenvalue weighted by Crippen LogP contribution is 2.48. The van der Waals surface area contributed by atoms with Gasteiger partial charge in [0.25, 0.3) is 5.91 Å². The fraction of sp³-hybridized carbons (Fsp3) is 0.292. The molecule has 4 aromatic rings. The largest absolute Gasteiger partial charge is 0.364 e. The van der Waals surface area contributed by atoms with E-state index < -0.39 is 38.0 Å². The summed E-state index contributed by atoms with van der Waals surface area (Å²) in [5.74, 6) is -2.32. The molecule has 0 radical (unpaired) electrons. The van der Waals surface area contributed by atoms with Crippen LogP contribution < -0.4 is 16.0 Å². The van der Waals surface area contributed by atoms with Gasteiger partial charge in [-0.1, -0.05) is 0 Å². The van der Waals surface area contributed by atoms with Crippen LogP contribution in [-0.2, 0) is 16.9 Å². The summed E-state index contributed by atoms with van der Waals surface area (Å²) < 4.78 is 55.4. The fourth-order valence-electron chi connectivity index (χ4n) is 4.29. The molecule has 1 amide bonds. The average Bonchev–Trinajstić information content (AvgIpc) is 3.48. The monoisotopic (exact) mass is 557 g/mol. The van der Waals surface area contributed by atoms with Crippen molar-refractivity contribution in [2.75, 3.05) is 23.5 Å². The van der Waals surface area contributed by atoms with E-state index in [9.17, 15) is 13.2 Å². The summed E-state index contributed by atoms with van der Waals surface area (Å²) >= 11 is 0. The Kier molecular flexibility index (Phi) is 6.33. The summed E-state index contributed by atoms with van der Waals surface area (Å²) in [5.41, 5.74) is 7.13. The summed E-state index contributed by atoms with van der Waals surface area (Å²) in [6.45, 7) is 1.82. The van der Waals surface area contributed by atoms with Crippen LogP contribution in [0, 0.1) is 18.6 Å². The van der Waals surface area contributed by atoms with E-state index in [-0.39, 0.29) is 17.6 Å². The van der Waals surface area contributed by atoms with Crippen molar-refractivity contribution in [2.45, 2.75) is 30.6 Å². The third kappa shape index (κ3) is 5.04. The quantitative estimate of drug-likeness (QED) is 0.295. The lowest BCUT2D eigenvalue weighted by atomic mass is 10.0. The Morgan fingerprint density at radius 2 is 1.87 bits per heavy atom. The van der Waals surface area contributed by atoms with Crippen molar-refractivity contribution in [3.63, 3.8) is 0 Å². The molecule has 4 N–H and O–H groups in total. The van der Waals surface area contributed by atoms with Gasteiger partial charge in [0.1, 0.15) is 11.5 Å². The highest BCUT2D eigenvalue weighted by Gasteiger charge is 2.34. The maximum atomic E-state index is 15.1. The second-order valence-electron chi connectivity index (χ2n) is 9.47. The molecule has 0 aliphatic heterocycles. The molecule has 15 heteroatoms. The molecule has 1 fully saturated rings. The SMILES string of the molecule is Cc1cc(Nc2nc(N(C)c3c(F)cc(S(C)(=O)=O)cc3F)nc(-c3cn(C)nc3C(N)=O)c2C2CC2)n[nH]1. The Morgan fingerprint density at radius 3 is 2.41 bits per heavy atom. The van der Waals surface area contributed by atoms with Crippen molar-refractivity contribution in [3.8, 4) is 11.3 Å². The molecule has 12 nitrogen and oxygen atoms in total. The average molecular weight is 558 g/mol. The first-order valence-electron chi connectivity index (χ1n) is 11.8. The molecular weight excluding hydrogens is 532 g/mol. The fourth-order valence-corrected chi connectivity index (χ4v) is 4.93. The molecule has 0 saturated heterocycles. The van der Waals surface area contributed by atoms with Gasteiger partial charge in [-0.05, 0) is 37.8 Å². The minimum Gasteiger partial charge on any atom is -0.364 e. The van der Waals surface area contributed by atoms with E-state index in [0.29, 0.717) is 28.5 Å². The Morgan fingerprint density at radius 1 is 1.21 bits per heavy atom. The van der Waals surface area contributed by atoms with E-state index in [1.54, 1.807) is 19.3 Å². The second kappa shape index (κ2) is 9.41. The van der Waals surface area contributed by atoms with Crippen LogP contribution in [0.1, 0.15) is 40.5 Å². The van der Waals surface area contributed by atoms with Crippen LogP contribution in [0.2, 0.25) is 0 Å². The van der Waals surface area contributed by atoms with Gasteiger partial charge < -0.3 is 16.0 Å². The molecule has 1 saturated carbocycles. The van der Waals surface area contributed by atoms with E-state index in [4.69, 9.17) is 5.73 Å². The van der Waals surface area contributed by atoms with Crippen LogP contribution in [-0.4, -0.2) is 57.6 Å². The lowest BCUT2D eigenvalue weighted by Crippen LogP contribution is -2.19. The standard InChI is InChI=1S/C24H25F2N9O3S/c1-11-7-17(32-31-11)28-23-18(12-5-6-12)19(14-10-34(2)33-20(14)22(27)36)29-24(30-23)35(3)21-15(25)8-13(9-16(21)26)39(4,37)38/h7-10,12H,5-6H2,1-4H3,(H2,27,36)(H2,28,29,30,31,32). The number of carbonyl (C=O) groups is 1. The van der Waals surface area contributed by atoms with Crippen LogP contribution in [0.5, 0.6) is 0 Å². The Bertz CT molecular complexity index is 1710. The Hall–Kier alpha value is -4.40. The van der Waals surface area contributed by atoms with Gasteiger partial charge in [0.05, 0.1) is 16.2 Å². The van der Waals surface area contributed by atoms with Gasteiger partial charge in [0.15, 0.2) is 33.0 Å². The number of amides is 1. The van der Waals surface area contributed by atoms with Gasteiger partial charge in [0, 0.05) is 43.9 Å². The first-order chi connectivity index (χ1) is 18.3. The molecule has 0 spiro atoms. The molecule has 39 heavy (non-hydrogen) atoms. The number of hydrogen-bond acceptors (Lipinski definition) is 9. The number of aromatic nitrogens is 6. The summed E-state index contributed by atoms with van der Waals surface area (Å²) in [7, 11) is -0.887. The van der Waals surface area contributed by atoms with Gasteiger partial charge in [-0.15, -0.1) is 0 Å². The maximum absolute atomic E-state index is 15.1. The molecule has 5 rings (SSSR count). The second-order valence-corrected chi connectivity index (χ2v) is 11.5. The van der Waals surface area contributed by atoms with Crippen molar-refractivity contribution in [1.29, 1.82) is 0 Å². The summed E-state index contributed by atoms with van der Waals surface area (Å²) in [5, 5.41) is 14.4.